The molecule has 0 fully saturated rings. The Labute approximate surface area is 152 Å². The highest BCUT2D eigenvalue weighted by atomic mass is 16.3. The third kappa shape index (κ3) is 5.40. The lowest BCUT2D eigenvalue weighted by Crippen LogP contribution is -2.40. The number of imidazole rings is 1. The molecule has 1 aromatic rings. The van der Waals surface area contributed by atoms with E-state index in [-0.39, 0.29) is 12.4 Å². The molecule has 2 atom stereocenters. The minimum atomic E-state index is -1.59. The molecule has 0 aromatic carbocycles. The normalized spacial score (nSPS) is 16.1. The van der Waals surface area contributed by atoms with E-state index in [1.54, 1.807) is 17.8 Å². The van der Waals surface area contributed by atoms with Gasteiger partial charge < -0.3 is 30.8 Å². The van der Waals surface area contributed by atoms with E-state index >= 15 is 0 Å². The molecule has 1 aromatic heterocycles. The highest BCUT2D eigenvalue weighted by Gasteiger charge is 2.28. The molecule has 0 aliphatic heterocycles. The Morgan fingerprint density at radius 2 is 2.27 bits per heavy atom. The summed E-state index contributed by atoms with van der Waals surface area (Å²) in [7, 11) is 1.68. The van der Waals surface area contributed by atoms with Crippen LogP contribution >= 0.6 is 0 Å². The maximum Gasteiger partial charge on any atom is 0.252 e. The van der Waals surface area contributed by atoms with Gasteiger partial charge in [-0.05, 0) is 36.8 Å². The molecule has 1 amide bonds. The first-order chi connectivity index (χ1) is 12.5. The summed E-state index contributed by atoms with van der Waals surface area (Å²) >= 11 is 0. The summed E-state index contributed by atoms with van der Waals surface area (Å²) in [5, 5.41) is 33.0. The van der Waals surface area contributed by atoms with Crippen LogP contribution in [0, 0.1) is 5.41 Å². The van der Waals surface area contributed by atoms with Crippen LogP contribution < -0.4 is 10.6 Å². The van der Waals surface area contributed by atoms with Crippen molar-refractivity contribution in [2.75, 3.05) is 13.1 Å². The lowest BCUT2D eigenvalue weighted by Gasteiger charge is -2.17. The van der Waals surface area contributed by atoms with Gasteiger partial charge in [0.15, 0.2) is 6.10 Å². The quantitative estimate of drug-likeness (QED) is 0.321. The molecule has 5 N–H and O–H groups in total. The summed E-state index contributed by atoms with van der Waals surface area (Å²) < 4.78 is 1.55. The van der Waals surface area contributed by atoms with Gasteiger partial charge in [0.2, 0.25) is 0 Å². The van der Waals surface area contributed by atoms with Crippen molar-refractivity contribution < 1.29 is 15.0 Å². The number of nitrogens with zero attached hydrogens (tertiary/aromatic N) is 2. The molecule has 0 saturated carbocycles. The monoisotopic (exact) mass is 359 g/mol. The van der Waals surface area contributed by atoms with Crippen molar-refractivity contribution in [2.24, 2.45) is 7.05 Å². The zero-order valence-electron chi connectivity index (χ0n) is 14.7. The number of hydrogen-bond acceptors (Lipinski definition) is 6. The van der Waals surface area contributed by atoms with E-state index in [2.05, 4.69) is 15.6 Å². The van der Waals surface area contributed by atoms with E-state index in [0.717, 1.165) is 11.3 Å². The lowest BCUT2D eigenvalue weighted by atomic mass is 10.1. The number of rotatable bonds is 9. The lowest BCUT2D eigenvalue weighted by molar-refractivity contribution is -0.135. The van der Waals surface area contributed by atoms with Gasteiger partial charge in [0.25, 0.3) is 5.91 Å². The molecule has 8 heteroatoms. The molecule has 0 bridgehead atoms. The van der Waals surface area contributed by atoms with Gasteiger partial charge in [-0.15, -0.1) is 0 Å². The first-order valence-corrected chi connectivity index (χ1v) is 8.43. The minimum absolute atomic E-state index is 0.229. The van der Waals surface area contributed by atoms with Crippen LogP contribution in [-0.4, -0.2) is 51.1 Å². The van der Waals surface area contributed by atoms with Crippen LogP contribution in [0.5, 0.6) is 0 Å². The zero-order chi connectivity index (χ0) is 18.9. The van der Waals surface area contributed by atoms with E-state index in [4.69, 9.17) is 5.41 Å². The second-order valence-electron chi connectivity index (χ2n) is 5.98. The van der Waals surface area contributed by atoms with Crippen molar-refractivity contribution in [3.63, 3.8) is 0 Å². The number of aliphatic hydroxyl groups is 2. The van der Waals surface area contributed by atoms with Gasteiger partial charge >= 0.3 is 0 Å². The topological polar surface area (TPSA) is 123 Å². The average Bonchev–Trinajstić information content (AvgIpc) is 2.93. The minimum Gasteiger partial charge on any atom is -0.385 e. The number of hydrogen-bond donors (Lipinski definition) is 5. The SMILES string of the molecule is Cn1ccnc1C(O)[C@@H](O)C(=O)NCC1=CC=C(NCCC=N)C=CC1. The Kier molecular flexibility index (Phi) is 7.31. The van der Waals surface area contributed by atoms with Crippen LogP contribution in [0.4, 0.5) is 0 Å². The summed E-state index contributed by atoms with van der Waals surface area (Å²) in [5.74, 6) is -0.421. The molecular weight excluding hydrogens is 334 g/mol. The molecule has 8 nitrogen and oxygen atoms in total. The number of aliphatic hydroxyl groups excluding tert-OH is 2. The Hall–Kier alpha value is -2.71. The fraction of sp³-hybridized carbons (Fsp3) is 0.389. The molecule has 0 radical (unpaired) electrons. The van der Waals surface area contributed by atoms with Crippen LogP contribution in [0.15, 0.2) is 48.0 Å². The number of carbonyl (C=O) groups excluding carboxylic acids is 1. The Morgan fingerprint density at radius 1 is 1.46 bits per heavy atom. The van der Waals surface area contributed by atoms with Crippen LogP contribution in [-0.2, 0) is 11.8 Å². The van der Waals surface area contributed by atoms with Gasteiger partial charge in [-0.25, -0.2) is 4.98 Å². The summed E-state index contributed by atoms with van der Waals surface area (Å²) in [6, 6.07) is 0. The number of aryl methyl sites for hydroxylation is 1. The third-order valence-electron chi connectivity index (χ3n) is 3.97. The van der Waals surface area contributed by atoms with Gasteiger partial charge in [0.05, 0.1) is 0 Å². The fourth-order valence-electron chi connectivity index (χ4n) is 2.46. The van der Waals surface area contributed by atoms with Crippen LogP contribution in [0.3, 0.4) is 0 Å². The molecule has 26 heavy (non-hydrogen) atoms. The second-order valence-corrected chi connectivity index (χ2v) is 5.98. The first-order valence-electron chi connectivity index (χ1n) is 8.43. The van der Waals surface area contributed by atoms with Gasteiger partial charge in [-0.3, -0.25) is 4.79 Å². The molecule has 1 heterocycles. The van der Waals surface area contributed by atoms with Gasteiger partial charge in [-0.1, -0.05) is 12.2 Å². The fourth-order valence-corrected chi connectivity index (χ4v) is 2.46. The second kappa shape index (κ2) is 9.69. The molecule has 1 aliphatic carbocycles. The number of nitrogens with one attached hydrogen (secondary N) is 3. The van der Waals surface area contributed by atoms with Crippen molar-refractivity contribution in [3.05, 3.63) is 53.8 Å². The van der Waals surface area contributed by atoms with Crippen molar-refractivity contribution in [1.29, 1.82) is 5.41 Å². The summed E-state index contributed by atoms with van der Waals surface area (Å²) in [6.07, 6.45) is 10.6. The summed E-state index contributed by atoms with van der Waals surface area (Å²) in [6.45, 7) is 0.967. The van der Waals surface area contributed by atoms with Crippen LogP contribution in [0.25, 0.3) is 0 Å². The maximum absolute atomic E-state index is 12.1. The zero-order valence-corrected chi connectivity index (χ0v) is 14.7. The van der Waals surface area contributed by atoms with E-state index in [1.807, 2.05) is 24.3 Å². The van der Waals surface area contributed by atoms with E-state index in [1.165, 1.54) is 12.4 Å². The Balaban J connectivity index is 1.87. The van der Waals surface area contributed by atoms with Crippen LogP contribution in [0.2, 0.25) is 0 Å². The van der Waals surface area contributed by atoms with E-state index in [0.29, 0.717) is 19.4 Å². The smallest absolute Gasteiger partial charge is 0.252 e. The molecule has 140 valence electrons. The molecule has 0 spiro atoms. The van der Waals surface area contributed by atoms with Gasteiger partial charge in [0.1, 0.15) is 11.9 Å². The Morgan fingerprint density at radius 3 is 2.96 bits per heavy atom. The maximum atomic E-state index is 12.1. The van der Waals surface area contributed by atoms with Gasteiger partial charge in [-0.2, -0.15) is 0 Å². The predicted molar refractivity (Wildman–Crippen MR) is 98.5 cm³/mol. The summed E-state index contributed by atoms with van der Waals surface area (Å²) in [4.78, 5) is 16.1. The molecule has 1 aliphatic rings. The van der Waals surface area contributed by atoms with Crippen molar-refractivity contribution in [1.82, 2.24) is 20.2 Å². The molecule has 2 rings (SSSR count). The standard InChI is InChI=1S/C18H25N5O3/c1-23-11-10-21-17(23)15(24)16(25)18(26)22-12-13-4-2-5-14(7-6-13)20-9-3-8-19/h2,5-8,10-11,15-16,19-20,24-25H,3-4,9,12H2,1H3,(H,22,26)/t15?,16-/m1/s1. The number of aromatic nitrogens is 2. The first kappa shape index (κ1) is 19.6. The van der Waals surface area contributed by atoms with Gasteiger partial charge in [0, 0.05) is 38.2 Å². The number of amides is 1. The van der Waals surface area contributed by atoms with E-state index in [9.17, 15) is 15.0 Å². The van der Waals surface area contributed by atoms with E-state index < -0.39 is 18.1 Å². The highest BCUT2D eigenvalue weighted by molar-refractivity contribution is 5.81. The predicted octanol–water partition coefficient (Wildman–Crippen LogP) is 0.330. The highest BCUT2D eigenvalue weighted by Crippen LogP contribution is 2.15. The molecular formula is C18H25N5O3. The molecule has 1 unspecified atom stereocenters. The number of allylic oxidation sites excluding steroid dienone is 4. The third-order valence-corrected chi connectivity index (χ3v) is 3.97. The largest absolute Gasteiger partial charge is 0.385 e. The van der Waals surface area contributed by atoms with Crippen LogP contribution in [0.1, 0.15) is 24.8 Å². The number of carbonyl (C=O) groups is 1. The molecule has 0 saturated heterocycles. The van der Waals surface area contributed by atoms with Crippen molar-refractivity contribution in [3.8, 4) is 0 Å². The van der Waals surface area contributed by atoms with Crippen molar-refractivity contribution in [2.45, 2.75) is 25.0 Å². The van der Waals surface area contributed by atoms with Crippen molar-refractivity contribution >= 4 is 12.1 Å². The Bertz CT molecular complexity index is 720. The average molecular weight is 359 g/mol. The summed E-state index contributed by atoms with van der Waals surface area (Å²) in [5.41, 5.74) is 1.91.